The molecule has 8 aromatic rings. The molecule has 0 spiro atoms. The Hall–Kier alpha value is -5.46. The van der Waals surface area contributed by atoms with Crippen molar-refractivity contribution < 1.29 is 0 Å². The van der Waals surface area contributed by atoms with Gasteiger partial charge in [-0.25, -0.2) is 0 Å². The van der Waals surface area contributed by atoms with Crippen LogP contribution in [-0.4, -0.2) is 0 Å². The molecule has 0 radical (unpaired) electrons. The summed E-state index contributed by atoms with van der Waals surface area (Å²) < 4.78 is 0. The van der Waals surface area contributed by atoms with E-state index < -0.39 is 0 Å². The molecule has 0 aliphatic rings. The highest BCUT2D eigenvalue weighted by atomic mass is 14.3. The number of rotatable bonds is 4. The zero-order valence-corrected chi connectivity index (χ0v) is 40.5. The van der Waals surface area contributed by atoms with Crippen LogP contribution in [0.4, 0.5) is 0 Å². The molecule has 0 heterocycles. The average molecular weight is 813 g/mol. The molecule has 0 N–H and O–H groups in total. The summed E-state index contributed by atoms with van der Waals surface area (Å²) in [4.78, 5) is 0. The summed E-state index contributed by atoms with van der Waals surface area (Å²) in [5, 5.41) is 7.81. The fourth-order valence-electron chi connectivity index (χ4n) is 9.50. The maximum Gasteiger partial charge on any atom is -0.000139 e. The van der Waals surface area contributed by atoms with E-state index >= 15 is 0 Å². The van der Waals surface area contributed by atoms with Gasteiger partial charge in [0.05, 0.1) is 0 Å². The van der Waals surface area contributed by atoms with E-state index in [0.717, 1.165) is 0 Å². The molecule has 0 atom stereocenters. The van der Waals surface area contributed by atoms with Gasteiger partial charge in [-0.15, -0.1) is 0 Å². The Kier molecular flexibility index (Phi) is 10.5. The van der Waals surface area contributed by atoms with Gasteiger partial charge in [0, 0.05) is 0 Å². The van der Waals surface area contributed by atoms with Gasteiger partial charge >= 0.3 is 0 Å². The molecule has 8 aromatic carbocycles. The molecule has 0 nitrogen and oxygen atoms in total. The van der Waals surface area contributed by atoms with Gasteiger partial charge in [0.25, 0.3) is 0 Å². The van der Waals surface area contributed by atoms with Gasteiger partial charge < -0.3 is 0 Å². The van der Waals surface area contributed by atoms with Crippen LogP contribution in [0, 0.1) is 27.7 Å². The van der Waals surface area contributed by atoms with Crippen molar-refractivity contribution in [3.05, 3.63) is 166 Å². The molecule has 0 fully saturated rings. The Bertz CT molecular complexity index is 2580. The normalized spacial score (nSPS) is 12.8. The van der Waals surface area contributed by atoms with E-state index in [0.29, 0.717) is 0 Å². The van der Waals surface area contributed by atoms with Gasteiger partial charge in [-0.3, -0.25) is 0 Å². The molecular formula is C62H68. The zero-order chi connectivity index (χ0) is 44.8. The fraction of sp³-hybridized carbons (Fsp3) is 0.323. The number of hydrogen-bond acceptors (Lipinski definition) is 0. The van der Waals surface area contributed by atoms with Gasteiger partial charge in [-0.05, 0) is 171 Å². The third kappa shape index (κ3) is 7.69. The summed E-state index contributed by atoms with van der Waals surface area (Å²) in [7, 11) is 0. The Balaban J connectivity index is 1.71. The van der Waals surface area contributed by atoms with Crippen molar-refractivity contribution in [3.8, 4) is 44.5 Å². The third-order valence-corrected chi connectivity index (χ3v) is 13.8. The SMILES string of the molecule is Cc1cc2c(-c3ccc(C(C)(C)C)cc3)c3c(-c4ccc(C(C)(C)C)cc4)c4cc(C)c(C)cc4c(-c4ccc(C(C)(C)C)cc4)c3c(-c3ccc(C(C)(C)C)cc3)c2cc1C. The molecule has 0 heteroatoms. The van der Waals surface area contributed by atoms with Crippen LogP contribution in [0.5, 0.6) is 0 Å². The minimum Gasteiger partial charge on any atom is -0.0579 e. The molecule has 0 saturated carbocycles. The minimum absolute atomic E-state index is 0.0391. The van der Waals surface area contributed by atoms with E-state index in [9.17, 15) is 0 Å². The van der Waals surface area contributed by atoms with Crippen LogP contribution in [0.2, 0.25) is 0 Å². The molecule has 0 aromatic heterocycles. The third-order valence-electron chi connectivity index (χ3n) is 13.8. The van der Waals surface area contributed by atoms with E-state index in [4.69, 9.17) is 0 Å². The van der Waals surface area contributed by atoms with Crippen LogP contribution in [0.15, 0.2) is 121 Å². The summed E-state index contributed by atoms with van der Waals surface area (Å²) >= 11 is 0. The first-order valence-electron chi connectivity index (χ1n) is 22.8. The van der Waals surface area contributed by atoms with Gasteiger partial charge in [-0.2, -0.15) is 0 Å². The average Bonchev–Trinajstić information content (AvgIpc) is 3.19. The van der Waals surface area contributed by atoms with Gasteiger partial charge in [-0.1, -0.05) is 204 Å². The summed E-state index contributed by atoms with van der Waals surface area (Å²) in [6.07, 6.45) is 0. The van der Waals surface area contributed by atoms with Gasteiger partial charge in [0.1, 0.15) is 0 Å². The highest BCUT2D eigenvalue weighted by molar-refractivity contribution is 6.34. The topological polar surface area (TPSA) is 0 Å². The van der Waals surface area contributed by atoms with Crippen molar-refractivity contribution in [2.45, 2.75) is 132 Å². The van der Waals surface area contributed by atoms with Crippen LogP contribution in [-0.2, 0) is 21.7 Å². The Morgan fingerprint density at radius 1 is 0.242 bits per heavy atom. The Morgan fingerprint density at radius 3 is 0.548 bits per heavy atom. The fourth-order valence-corrected chi connectivity index (χ4v) is 9.50. The summed E-state index contributed by atoms with van der Waals surface area (Å²) in [5.74, 6) is 0. The number of aryl methyl sites for hydroxylation is 4. The van der Waals surface area contributed by atoms with Crippen LogP contribution in [0.3, 0.4) is 0 Å². The number of benzene rings is 8. The zero-order valence-electron chi connectivity index (χ0n) is 40.5. The summed E-state index contributed by atoms with van der Waals surface area (Å²) in [6, 6.07) is 48.1. The number of fused-ring (bicyclic) bond motifs is 3. The second kappa shape index (κ2) is 15.1. The second-order valence-electron chi connectivity index (χ2n) is 22.5. The van der Waals surface area contributed by atoms with Crippen molar-refractivity contribution in [1.82, 2.24) is 0 Å². The van der Waals surface area contributed by atoms with Crippen LogP contribution in [0.25, 0.3) is 76.8 Å². The standard InChI is InChI=1S/C62H68/c1-37-33-49-50(34-38(37)2)54(42-19-27-46(28-20-42)60(8,9)10)58-56(44-23-31-48(32-24-44)62(14,15)16)52-36-40(4)39(3)35-51(52)55(43-21-29-47(30-22-43)61(11,12)13)57(58)53(49)41-17-25-45(26-18-41)59(5,6)7/h17-36H,1-16H3. The lowest BCUT2D eigenvalue weighted by Crippen LogP contribution is -2.11. The lowest BCUT2D eigenvalue weighted by atomic mass is 9.75. The smallest absolute Gasteiger partial charge is 0.000139 e. The summed E-state index contributed by atoms with van der Waals surface area (Å²) in [5.41, 5.74) is 20.9. The van der Waals surface area contributed by atoms with E-state index in [1.807, 2.05) is 0 Å². The molecule has 8 rings (SSSR count). The van der Waals surface area contributed by atoms with Gasteiger partial charge in [0.15, 0.2) is 0 Å². The monoisotopic (exact) mass is 813 g/mol. The van der Waals surface area contributed by atoms with Crippen LogP contribution in [0.1, 0.15) is 128 Å². The Morgan fingerprint density at radius 2 is 0.403 bits per heavy atom. The van der Waals surface area contributed by atoms with Crippen molar-refractivity contribution in [2.75, 3.05) is 0 Å². The first-order valence-corrected chi connectivity index (χ1v) is 22.8. The molecule has 0 aliphatic carbocycles. The van der Waals surface area contributed by atoms with Crippen molar-refractivity contribution in [1.29, 1.82) is 0 Å². The van der Waals surface area contributed by atoms with Crippen molar-refractivity contribution in [3.63, 3.8) is 0 Å². The van der Waals surface area contributed by atoms with E-state index in [2.05, 4.69) is 232 Å². The Labute approximate surface area is 373 Å². The second-order valence-corrected chi connectivity index (χ2v) is 22.5. The van der Waals surface area contributed by atoms with Crippen molar-refractivity contribution >= 4 is 32.3 Å². The van der Waals surface area contributed by atoms with E-state index in [-0.39, 0.29) is 21.7 Å². The molecule has 0 aliphatic heterocycles. The molecule has 0 bridgehead atoms. The first-order chi connectivity index (χ1) is 28.9. The largest absolute Gasteiger partial charge is 0.0579 e. The predicted octanol–water partition coefficient (Wildman–Crippen LogP) is 18.2. The summed E-state index contributed by atoms with van der Waals surface area (Å²) in [6.45, 7) is 36.9. The molecule has 62 heavy (non-hydrogen) atoms. The predicted molar refractivity (Wildman–Crippen MR) is 274 cm³/mol. The number of hydrogen-bond donors (Lipinski definition) is 0. The quantitative estimate of drug-likeness (QED) is 0.155. The van der Waals surface area contributed by atoms with Gasteiger partial charge in [0.2, 0.25) is 0 Å². The van der Waals surface area contributed by atoms with E-state index in [1.165, 1.54) is 121 Å². The molecular weight excluding hydrogens is 745 g/mol. The maximum absolute atomic E-state index is 2.49. The minimum atomic E-state index is 0.0391. The molecule has 0 unspecified atom stereocenters. The molecule has 0 amide bonds. The highest BCUT2D eigenvalue weighted by Gasteiger charge is 2.28. The molecule has 0 saturated heterocycles. The first kappa shape index (κ1) is 43.2. The van der Waals surface area contributed by atoms with Crippen LogP contribution >= 0.6 is 0 Å². The van der Waals surface area contributed by atoms with Crippen molar-refractivity contribution in [2.24, 2.45) is 0 Å². The highest BCUT2D eigenvalue weighted by Crippen LogP contribution is 2.54. The van der Waals surface area contributed by atoms with Crippen LogP contribution < -0.4 is 0 Å². The maximum atomic E-state index is 2.49. The lowest BCUT2D eigenvalue weighted by molar-refractivity contribution is 0.590. The lowest BCUT2D eigenvalue weighted by Gasteiger charge is -2.27. The van der Waals surface area contributed by atoms with E-state index in [1.54, 1.807) is 0 Å². The molecule has 316 valence electrons.